The van der Waals surface area contributed by atoms with E-state index in [0.29, 0.717) is 30.0 Å². The van der Waals surface area contributed by atoms with Gasteiger partial charge in [0.1, 0.15) is 5.82 Å². The lowest BCUT2D eigenvalue weighted by atomic mass is 9.94. The molecule has 2 aromatic rings. The number of nitrogens with one attached hydrogen (secondary N) is 1. The molecule has 1 fully saturated rings. The summed E-state index contributed by atoms with van der Waals surface area (Å²) in [6.07, 6.45) is 1.10. The van der Waals surface area contributed by atoms with E-state index >= 15 is 0 Å². The van der Waals surface area contributed by atoms with Crippen LogP contribution in [0.4, 0.5) is 19.0 Å². The molecule has 0 aromatic carbocycles. The fourth-order valence-electron chi connectivity index (χ4n) is 4.36. The minimum Gasteiger partial charge on any atom is -0.367 e. The van der Waals surface area contributed by atoms with Crippen molar-refractivity contribution in [3.63, 3.8) is 0 Å². The Morgan fingerprint density at radius 2 is 2.10 bits per heavy atom. The van der Waals surface area contributed by atoms with Crippen molar-refractivity contribution in [2.75, 3.05) is 11.9 Å². The van der Waals surface area contributed by atoms with Crippen molar-refractivity contribution in [1.29, 1.82) is 0 Å². The van der Waals surface area contributed by atoms with Crippen LogP contribution in [0, 0.1) is 5.92 Å². The van der Waals surface area contributed by atoms with Gasteiger partial charge in [0, 0.05) is 31.0 Å². The van der Waals surface area contributed by atoms with Gasteiger partial charge in [0.05, 0.1) is 17.3 Å². The van der Waals surface area contributed by atoms with Gasteiger partial charge in [0.2, 0.25) is 0 Å². The summed E-state index contributed by atoms with van der Waals surface area (Å²) >= 11 is 0. The molecule has 2 aliphatic heterocycles. The molecular formula is C21H26F3N5O. The average Bonchev–Trinajstić information content (AvgIpc) is 3.16. The third-order valence-corrected chi connectivity index (χ3v) is 6.06. The van der Waals surface area contributed by atoms with Crippen molar-refractivity contribution < 1.29 is 18.0 Å². The van der Waals surface area contributed by atoms with Crippen LogP contribution in [0.5, 0.6) is 0 Å². The summed E-state index contributed by atoms with van der Waals surface area (Å²) in [6, 6.07) is 2.79. The molecule has 4 rings (SSSR count). The molecule has 0 saturated carbocycles. The Kier molecular flexibility index (Phi) is 5.46. The van der Waals surface area contributed by atoms with Gasteiger partial charge in [-0.05, 0) is 43.7 Å². The number of hydrogen-bond acceptors (Lipinski definition) is 4. The molecule has 6 nitrogen and oxygen atoms in total. The number of piperidine rings is 1. The Morgan fingerprint density at radius 1 is 1.30 bits per heavy atom. The molecule has 9 heteroatoms. The van der Waals surface area contributed by atoms with E-state index in [1.165, 1.54) is 6.20 Å². The minimum atomic E-state index is -4.38. The third kappa shape index (κ3) is 3.89. The molecule has 1 N–H and O–H groups in total. The Labute approximate surface area is 173 Å². The van der Waals surface area contributed by atoms with Crippen LogP contribution in [0.2, 0.25) is 0 Å². The van der Waals surface area contributed by atoms with Gasteiger partial charge in [-0.1, -0.05) is 13.8 Å². The van der Waals surface area contributed by atoms with Crippen LogP contribution >= 0.6 is 0 Å². The summed E-state index contributed by atoms with van der Waals surface area (Å²) in [5, 5.41) is 7.59. The number of alkyl halides is 3. The van der Waals surface area contributed by atoms with E-state index in [-0.39, 0.29) is 30.3 Å². The number of carbonyl (C=O) groups excluding carboxylic acids is 1. The van der Waals surface area contributed by atoms with Crippen molar-refractivity contribution in [3.8, 4) is 0 Å². The molecular weight excluding hydrogens is 395 g/mol. The van der Waals surface area contributed by atoms with E-state index in [9.17, 15) is 18.0 Å². The molecule has 0 bridgehead atoms. The maximum Gasteiger partial charge on any atom is 0.410 e. The first-order valence-electron chi connectivity index (χ1n) is 10.4. The summed E-state index contributed by atoms with van der Waals surface area (Å²) in [7, 11) is 0. The second kappa shape index (κ2) is 7.92. The number of carbonyl (C=O) groups is 1. The van der Waals surface area contributed by atoms with Crippen molar-refractivity contribution in [1.82, 2.24) is 19.7 Å². The molecule has 3 atom stereocenters. The van der Waals surface area contributed by atoms with Gasteiger partial charge >= 0.3 is 6.18 Å². The standard InChI is InChI=1S/C21H26F3N5O/c1-13(2)15-10-18(21(22,23)24)29-19(26-15)11-16(27-29)17-7-3-4-9-28(17)20(30)14-6-5-8-25-12-14/h5-6,8,11-13,15,17-18,26H,3-4,7,9-10H2,1-2H3/t15-,17?,18+/m0/s1. The van der Waals surface area contributed by atoms with Crippen LogP contribution in [-0.4, -0.2) is 44.3 Å². The minimum absolute atomic E-state index is 0.0558. The highest BCUT2D eigenvalue weighted by Crippen LogP contribution is 2.42. The smallest absolute Gasteiger partial charge is 0.367 e. The second-order valence-electron chi connectivity index (χ2n) is 8.44. The van der Waals surface area contributed by atoms with E-state index < -0.39 is 12.2 Å². The Balaban J connectivity index is 1.67. The summed E-state index contributed by atoms with van der Waals surface area (Å²) < 4.78 is 42.4. The number of rotatable bonds is 3. The number of likely N-dealkylation sites (tertiary alicyclic amines) is 1. The first kappa shape index (κ1) is 20.7. The normalized spacial score (nSPS) is 24.5. The van der Waals surface area contributed by atoms with Crippen LogP contribution in [-0.2, 0) is 0 Å². The van der Waals surface area contributed by atoms with Gasteiger partial charge in [-0.15, -0.1) is 0 Å². The molecule has 2 aliphatic rings. The van der Waals surface area contributed by atoms with Crippen molar-refractivity contribution >= 4 is 11.7 Å². The van der Waals surface area contributed by atoms with Gasteiger partial charge in [-0.2, -0.15) is 18.3 Å². The fraction of sp³-hybridized carbons (Fsp3) is 0.571. The number of anilines is 1. The lowest BCUT2D eigenvalue weighted by Crippen LogP contribution is -2.41. The van der Waals surface area contributed by atoms with Gasteiger partial charge in [0.25, 0.3) is 5.91 Å². The molecule has 162 valence electrons. The van der Waals surface area contributed by atoms with E-state index in [1.807, 2.05) is 13.8 Å². The van der Waals surface area contributed by atoms with Crippen LogP contribution in [0.25, 0.3) is 0 Å². The molecule has 1 unspecified atom stereocenters. The summed E-state index contributed by atoms with van der Waals surface area (Å²) in [5.41, 5.74) is 0.979. The number of nitrogens with zero attached hydrogens (tertiary/aromatic N) is 4. The predicted octanol–water partition coefficient (Wildman–Crippen LogP) is 4.59. The number of fused-ring (bicyclic) bond motifs is 1. The highest BCUT2D eigenvalue weighted by Gasteiger charge is 2.47. The third-order valence-electron chi connectivity index (χ3n) is 6.06. The van der Waals surface area contributed by atoms with E-state index in [1.54, 1.807) is 29.3 Å². The van der Waals surface area contributed by atoms with Crippen LogP contribution < -0.4 is 5.32 Å². The van der Waals surface area contributed by atoms with E-state index in [2.05, 4.69) is 15.4 Å². The number of halogens is 3. The zero-order valence-corrected chi connectivity index (χ0v) is 17.1. The van der Waals surface area contributed by atoms with Crippen molar-refractivity contribution in [2.45, 2.75) is 63.8 Å². The lowest BCUT2D eigenvalue weighted by Gasteiger charge is -2.35. The first-order chi connectivity index (χ1) is 14.3. The zero-order valence-electron chi connectivity index (χ0n) is 17.1. The van der Waals surface area contributed by atoms with Gasteiger partial charge in [-0.3, -0.25) is 9.78 Å². The van der Waals surface area contributed by atoms with Gasteiger partial charge < -0.3 is 10.2 Å². The first-order valence-corrected chi connectivity index (χ1v) is 10.4. The molecule has 2 aromatic heterocycles. The topological polar surface area (TPSA) is 63.1 Å². The van der Waals surface area contributed by atoms with Crippen LogP contribution in [0.15, 0.2) is 30.6 Å². The van der Waals surface area contributed by atoms with Gasteiger partial charge in [-0.25, -0.2) is 4.68 Å². The van der Waals surface area contributed by atoms with Crippen LogP contribution in [0.3, 0.4) is 0 Å². The summed E-state index contributed by atoms with van der Waals surface area (Å²) in [6.45, 7) is 4.37. The molecule has 0 radical (unpaired) electrons. The van der Waals surface area contributed by atoms with Crippen molar-refractivity contribution in [2.24, 2.45) is 5.92 Å². The number of pyridine rings is 1. The molecule has 1 amide bonds. The monoisotopic (exact) mass is 421 g/mol. The number of aromatic nitrogens is 3. The summed E-state index contributed by atoms with van der Waals surface area (Å²) in [4.78, 5) is 18.8. The Hall–Kier alpha value is -2.58. The van der Waals surface area contributed by atoms with E-state index in [4.69, 9.17) is 0 Å². The fourth-order valence-corrected chi connectivity index (χ4v) is 4.36. The maximum atomic E-state index is 13.8. The highest BCUT2D eigenvalue weighted by atomic mass is 19.4. The molecule has 1 saturated heterocycles. The highest BCUT2D eigenvalue weighted by molar-refractivity contribution is 5.94. The van der Waals surface area contributed by atoms with Crippen molar-refractivity contribution in [3.05, 3.63) is 41.9 Å². The average molecular weight is 421 g/mol. The predicted molar refractivity (Wildman–Crippen MR) is 106 cm³/mol. The maximum absolute atomic E-state index is 13.8. The molecule has 0 spiro atoms. The Bertz CT molecular complexity index is 896. The molecule has 0 aliphatic carbocycles. The summed E-state index contributed by atoms with van der Waals surface area (Å²) in [5.74, 6) is 0.260. The second-order valence-corrected chi connectivity index (χ2v) is 8.44. The molecule has 30 heavy (non-hydrogen) atoms. The van der Waals surface area contributed by atoms with Crippen LogP contribution in [0.1, 0.15) is 67.7 Å². The number of hydrogen-bond donors (Lipinski definition) is 1. The van der Waals surface area contributed by atoms with Gasteiger partial charge in [0.15, 0.2) is 6.04 Å². The van der Waals surface area contributed by atoms with E-state index in [0.717, 1.165) is 17.5 Å². The SMILES string of the molecule is CC(C)[C@@H]1C[C@H](C(F)(F)F)n2nc(C3CCCCN3C(=O)c3cccnc3)cc2N1. The largest absolute Gasteiger partial charge is 0.410 e. The Morgan fingerprint density at radius 3 is 2.77 bits per heavy atom. The quantitative estimate of drug-likeness (QED) is 0.788. The zero-order chi connectivity index (χ0) is 21.5. The lowest BCUT2D eigenvalue weighted by molar-refractivity contribution is -0.174. The number of amides is 1. The molecule has 4 heterocycles.